The molecule has 1 amide bonds. The Morgan fingerprint density at radius 3 is 3.12 bits per heavy atom. The number of rotatable bonds is 4. The molecule has 6 nitrogen and oxygen atoms in total. The zero-order valence-corrected chi connectivity index (χ0v) is 15.0. The van der Waals surface area contributed by atoms with Crippen molar-refractivity contribution in [3.63, 3.8) is 0 Å². The number of carbonyl (C=O) groups is 1. The van der Waals surface area contributed by atoms with Crippen LogP contribution in [0.3, 0.4) is 0 Å². The molecule has 0 N–H and O–H groups in total. The molecule has 3 aromatic rings. The Bertz CT molecular complexity index is 837. The van der Waals surface area contributed by atoms with Crippen LogP contribution in [0.1, 0.15) is 23.3 Å². The Balaban J connectivity index is 1.48. The van der Waals surface area contributed by atoms with Crippen LogP contribution in [0.25, 0.3) is 10.6 Å². The molecule has 7 heteroatoms. The van der Waals surface area contributed by atoms with E-state index in [1.807, 2.05) is 48.1 Å². The summed E-state index contributed by atoms with van der Waals surface area (Å²) in [6, 6.07) is 5.94. The first-order valence-corrected chi connectivity index (χ1v) is 9.41. The average molecular weight is 355 g/mol. The van der Waals surface area contributed by atoms with Gasteiger partial charge in [0.05, 0.1) is 11.2 Å². The van der Waals surface area contributed by atoms with Gasteiger partial charge in [-0.1, -0.05) is 6.07 Å². The molecule has 0 spiro atoms. The maximum Gasteiger partial charge on any atom is 0.272 e. The first kappa shape index (κ1) is 16.1. The second-order valence-corrected chi connectivity index (χ2v) is 7.48. The van der Waals surface area contributed by atoms with E-state index in [-0.39, 0.29) is 5.91 Å². The topological polar surface area (TPSA) is 56.0 Å². The number of amides is 1. The summed E-state index contributed by atoms with van der Waals surface area (Å²) in [5.74, 6) is 0.546. The third-order valence-corrected chi connectivity index (χ3v) is 5.60. The fraction of sp³-hybridized carbons (Fsp3) is 0.389. The highest BCUT2D eigenvalue weighted by Crippen LogP contribution is 2.25. The zero-order chi connectivity index (χ0) is 17.2. The van der Waals surface area contributed by atoms with Gasteiger partial charge in [-0.25, -0.2) is 4.98 Å². The van der Waals surface area contributed by atoms with Crippen molar-refractivity contribution in [2.24, 2.45) is 13.0 Å². The first-order chi connectivity index (χ1) is 12.2. The second kappa shape index (κ2) is 6.84. The van der Waals surface area contributed by atoms with Crippen LogP contribution in [-0.4, -0.2) is 43.2 Å². The molecule has 1 atom stereocenters. The lowest BCUT2D eigenvalue weighted by Gasteiger charge is -2.32. The molecule has 0 bridgehead atoms. The van der Waals surface area contributed by atoms with Crippen molar-refractivity contribution in [1.82, 2.24) is 24.2 Å². The van der Waals surface area contributed by atoms with Crippen molar-refractivity contribution in [3.8, 4) is 10.6 Å². The van der Waals surface area contributed by atoms with Crippen LogP contribution in [-0.2, 0) is 13.6 Å². The number of piperidine rings is 1. The molecule has 25 heavy (non-hydrogen) atoms. The Hall–Kier alpha value is -2.41. The highest BCUT2D eigenvalue weighted by atomic mass is 32.1. The molecule has 1 saturated heterocycles. The van der Waals surface area contributed by atoms with Gasteiger partial charge >= 0.3 is 0 Å². The molecule has 0 radical (unpaired) electrons. The monoisotopic (exact) mass is 355 g/mol. The Morgan fingerprint density at radius 2 is 2.36 bits per heavy atom. The number of hydrogen-bond donors (Lipinski definition) is 0. The van der Waals surface area contributed by atoms with Crippen molar-refractivity contribution in [1.29, 1.82) is 0 Å². The quantitative estimate of drug-likeness (QED) is 0.723. The highest BCUT2D eigenvalue weighted by Gasteiger charge is 2.27. The van der Waals surface area contributed by atoms with Crippen LogP contribution in [0.15, 0.2) is 42.3 Å². The summed E-state index contributed by atoms with van der Waals surface area (Å²) < 4.78 is 3.80. The molecule has 1 unspecified atom stereocenters. The number of nitrogens with zero attached hydrogens (tertiary/aromatic N) is 5. The minimum Gasteiger partial charge on any atom is -0.337 e. The van der Waals surface area contributed by atoms with Crippen LogP contribution >= 0.6 is 11.3 Å². The smallest absolute Gasteiger partial charge is 0.272 e. The molecule has 3 aromatic heterocycles. The van der Waals surface area contributed by atoms with Gasteiger partial charge in [0.1, 0.15) is 11.4 Å². The molecule has 1 aliphatic rings. The lowest BCUT2D eigenvalue weighted by molar-refractivity contribution is 0.0651. The minimum absolute atomic E-state index is 0.0770. The van der Waals surface area contributed by atoms with Crippen molar-refractivity contribution >= 4 is 17.2 Å². The second-order valence-electron chi connectivity index (χ2n) is 6.53. The number of aromatic nitrogens is 4. The van der Waals surface area contributed by atoms with Crippen molar-refractivity contribution in [2.45, 2.75) is 19.4 Å². The van der Waals surface area contributed by atoms with Gasteiger partial charge in [0.15, 0.2) is 0 Å². The molecule has 4 heterocycles. The van der Waals surface area contributed by atoms with Gasteiger partial charge < -0.3 is 9.47 Å². The molecule has 1 fully saturated rings. The van der Waals surface area contributed by atoms with E-state index in [4.69, 9.17) is 0 Å². The van der Waals surface area contributed by atoms with E-state index in [0.717, 1.165) is 43.0 Å². The largest absolute Gasteiger partial charge is 0.337 e. The van der Waals surface area contributed by atoms with Gasteiger partial charge in [-0.2, -0.15) is 5.10 Å². The summed E-state index contributed by atoms with van der Waals surface area (Å²) in [6.07, 6.45) is 7.81. The predicted octanol–water partition coefficient (Wildman–Crippen LogP) is 2.90. The Morgan fingerprint density at radius 1 is 1.44 bits per heavy atom. The number of aryl methyl sites for hydroxylation is 1. The maximum atomic E-state index is 13.0. The van der Waals surface area contributed by atoms with Gasteiger partial charge in [0, 0.05) is 39.1 Å². The first-order valence-electron chi connectivity index (χ1n) is 8.53. The zero-order valence-electron chi connectivity index (χ0n) is 14.2. The summed E-state index contributed by atoms with van der Waals surface area (Å²) in [6.45, 7) is 2.52. The number of carbonyl (C=O) groups excluding carboxylic acids is 1. The average Bonchev–Trinajstić information content (AvgIpc) is 3.36. The summed E-state index contributed by atoms with van der Waals surface area (Å²) in [5.41, 5.74) is 1.53. The summed E-state index contributed by atoms with van der Waals surface area (Å²) in [7, 11) is 1.84. The number of thiophene rings is 1. The lowest BCUT2D eigenvalue weighted by atomic mass is 9.97. The van der Waals surface area contributed by atoms with Crippen LogP contribution in [0.2, 0.25) is 0 Å². The molecule has 4 rings (SSSR count). The van der Waals surface area contributed by atoms with E-state index in [2.05, 4.69) is 14.6 Å². The van der Waals surface area contributed by atoms with E-state index in [1.165, 1.54) is 0 Å². The molecule has 130 valence electrons. The molecule has 0 aromatic carbocycles. The summed E-state index contributed by atoms with van der Waals surface area (Å²) in [4.78, 5) is 20.2. The van der Waals surface area contributed by atoms with Gasteiger partial charge in [0.2, 0.25) is 0 Å². The predicted molar refractivity (Wildman–Crippen MR) is 97.4 cm³/mol. The minimum atomic E-state index is 0.0770. The van der Waals surface area contributed by atoms with Crippen LogP contribution in [0.4, 0.5) is 0 Å². The van der Waals surface area contributed by atoms with Gasteiger partial charge in [-0.15, -0.1) is 11.3 Å². The standard InChI is InChI=1S/C18H21N5OS/c1-21-16(10-15(20-21)17-5-3-9-25-17)18(24)23-7-2-4-14(12-23)11-22-8-6-19-13-22/h3,5-6,8-10,13-14H,2,4,7,11-12H2,1H3. The van der Waals surface area contributed by atoms with E-state index >= 15 is 0 Å². The van der Waals surface area contributed by atoms with Crippen molar-refractivity contribution in [3.05, 3.63) is 48.0 Å². The SMILES string of the molecule is Cn1nc(-c2cccs2)cc1C(=O)N1CCCC(Cn2ccnc2)C1. The highest BCUT2D eigenvalue weighted by molar-refractivity contribution is 7.13. The summed E-state index contributed by atoms with van der Waals surface area (Å²) in [5, 5.41) is 6.54. The number of imidazole rings is 1. The fourth-order valence-electron chi connectivity index (χ4n) is 3.47. The van der Waals surface area contributed by atoms with Crippen LogP contribution < -0.4 is 0 Å². The van der Waals surface area contributed by atoms with Crippen LogP contribution in [0.5, 0.6) is 0 Å². The maximum absolute atomic E-state index is 13.0. The van der Waals surface area contributed by atoms with Gasteiger partial charge in [0.25, 0.3) is 5.91 Å². The third kappa shape index (κ3) is 3.37. The van der Waals surface area contributed by atoms with E-state index in [0.29, 0.717) is 11.6 Å². The van der Waals surface area contributed by atoms with E-state index in [1.54, 1.807) is 22.2 Å². The molecule has 0 aliphatic carbocycles. The molecule has 0 saturated carbocycles. The number of likely N-dealkylation sites (tertiary alicyclic amines) is 1. The van der Waals surface area contributed by atoms with Gasteiger partial charge in [-0.05, 0) is 36.3 Å². The normalized spacial score (nSPS) is 17.8. The third-order valence-electron chi connectivity index (χ3n) is 4.71. The van der Waals surface area contributed by atoms with Crippen molar-refractivity contribution in [2.75, 3.05) is 13.1 Å². The lowest BCUT2D eigenvalue weighted by Crippen LogP contribution is -2.41. The van der Waals surface area contributed by atoms with Crippen molar-refractivity contribution < 1.29 is 4.79 Å². The van der Waals surface area contributed by atoms with Gasteiger partial charge in [-0.3, -0.25) is 9.48 Å². The van der Waals surface area contributed by atoms with E-state index < -0.39 is 0 Å². The molecular formula is C18H21N5OS. The Kier molecular flexibility index (Phi) is 4.40. The van der Waals surface area contributed by atoms with E-state index in [9.17, 15) is 4.79 Å². The summed E-state index contributed by atoms with van der Waals surface area (Å²) >= 11 is 1.64. The van der Waals surface area contributed by atoms with Crippen LogP contribution in [0, 0.1) is 5.92 Å². The molecular weight excluding hydrogens is 334 g/mol. The fourth-order valence-corrected chi connectivity index (χ4v) is 4.15. The Labute approximate surface area is 150 Å². The molecule has 1 aliphatic heterocycles. The number of hydrogen-bond acceptors (Lipinski definition) is 4.